The van der Waals surface area contributed by atoms with Gasteiger partial charge in [-0.2, -0.15) is 0 Å². The van der Waals surface area contributed by atoms with Crippen LogP contribution in [-0.4, -0.2) is 70.1 Å². The van der Waals surface area contributed by atoms with E-state index in [0.29, 0.717) is 51.3 Å². The normalized spacial score (nSPS) is 17.0. The molecule has 4 rings (SSSR count). The van der Waals surface area contributed by atoms with E-state index in [1.54, 1.807) is 19.1 Å². The van der Waals surface area contributed by atoms with Crippen LogP contribution in [0.3, 0.4) is 0 Å². The van der Waals surface area contributed by atoms with E-state index in [9.17, 15) is 9.90 Å². The average molecular weight is 492 g/mol. The molecule has 3 heterocycles. The molecule has 3 N–H and O–H groups in total. The second kappa shape index (κ2) is 10.4. The highest BCUT2D eigenvalue weighted by Gasteiger charge is 2.19. The van der Waals surface area contributed by atoms with Gasteiger partial charge in [-0.15, -0.1) is 0 Å². The molecule has 1 saturated heterocycles. The Hall–Kier alpha value is -2.79. The van der Waals surface area contributed by atoms with Gasteiger partial charge in [0.25, 0.3) is 5.91 Å². The van der Waals surface area contributed by atoms with Crippen LogP contribution in [0.15, 0.2) is 30.5 Å². The monoisotopic (exact) mass is 491 g/mol. The highest BCUT2D eigenvalue weighted by Crippen LogP contribution is 2.28. The molecule has 33 heavy (non-hydrogen) atoms. The predicted octanol–water partition coefficient (Wildman–Crippen LogP) is 3.31. The molecule has 0 saturated carbocycles. The number of anilines is 4. The van der Waals surface area contributed by atoms with Gasteiger partial charge in [-0.25, -0.2) is 15.0 Å². The lowest BCUT2D eigenvalue weighted by Gasteiger charge is -2.35. The minimum Gasteiger partial charge on any atom is -0.395 e. The minimum atomic E-state index is -2.98. The molecule has 1 fully saturated rings. The van der Waals surface area contributed by atoms with Gasteiger partial charge in [0, 0.05) is 41.5 Å². The summed E-state index contributed by atoms with van der Waals surface area (Å²) in [6.07, 6.45) is 1.47. The van der Waals surface area contributed by atoms with E-state index in [0.717, 1.165) is 16.9 Å². The number of hydrogen-bond acceptors (Lipinski definition) is 9. The third-order valence-corrected chi connectivity index (χ3v) is 6.29. The first kappa shape index (κ1) is 18.6. The standard InChI is InChI=1S/C22H26ClN7O2S/c1-14-4-3-5-16(23)20(14)28-21(32)17-13-24-22(33-17)27-18-12-19(26-15(2)25-18)30-8-6-29(7-9-30)10-11-31/h3-5,12-13,31H,6-11H2,1-2H3,(H,28,32)(H,24,25,26,27)/i10D2,11D2. The maximum Gasteiger partial charge on any atom is 0.267 e. The summed E-state index contributed by atoms with van der Waals surface area (Å²) in [5.74, 6) is 1.28. The van der Waals surface area contributed by atoms with E-state index in [1.165, 1.54) is 11.1 Å². The topological polar surface area (TPSA) is 107 Å². The van der Waals surface area contributed by atoms with Crippen molar-refractivity contribution in [3.63, 3.8) is 0 Å². The van der Waals surface area contributed by atoms with E-state index in [4.69, 9.17) is 17.1 Å². The van der Waals surface area contributed by atoms with Crippen molar-refractivity contribution in [3.05, 3.63) is 51.7 Å². The molecule has 11 heteroatoms. The molecule has 2 aromatic heterocycles. The van der Waals surface area contributed by atoms with E-state index >= 15 is 0 Å². The summed E-state index contributed by atoms with van der Waals surface area (Å²) in [6, 6.07) is 7.11. The molecular formula is C22H26ClN7O2S. The Labute approximate surface area is 207 Å². The van der Waals surface area contributed by atoms with Gasteiger partial charge in [-0.1, -0.05) is 35.1 Å². The average Bonchev–Trinajstić information content (AvgIpc) is 3.29. The van der Waals surface area contributed by atoms with Gasteiger partial charge >= 0.3 is 0 Å². The number of β-amino-alcohol motifs (C(OH)–C–C–N with tert-alkyl or cyclic N) is 1. The fourth-order valence-electron chi connectivity index (χ4n) is 3.41. The molecule has 174 valence electrons. The maximum atomic E-state index is 12.7. The number of hydrogen-bond donors (Lipinski definition) is 3. The van der Waals surface area contributed by atoms with Crippen LogP contribution in [0, 0.1) is 13.8 Å². The number of thiazole rings is 1. The van der Waals surface area contributed by atoms with E-state index in [2.05, 4.69) is 25.6 Å². The first-order chi connectivity index (χ1) is 17.3. The number of carbonyl (C=O) groups is 1. The van der Waals surface area contributed by atoms with Crippen molar-refractivity contribution in [2.24, 2.45) is 0 Å². The van der Waals surface area contributed by atoms with Crippen molar-refractivity contribution in [2.45, 2.75) is 13.8 Å². The molecular weight excluding hydrogens is 462 g/mol. The number of aliphatic hydroxyl groups is 1. The number of nitrogens with one attached hydrogen (secondary N) is 2. The molecule has 0 spiro atoms. The largest absolute Gasteiger partial charge is 0.395 e. The summed E-state index contributed by atoms with van der Waals surface area (Å²) in [6.45, 7) is -0.708. The van der Waals surface area contributed by atoms with Gasteiger partial charge in [-0.05, 0) is 25.5 Å². The highest BCUT2D eigenvalue weighted by atomic mass is 35.5. The number of para-hydroxylation sites is 1. The first-order valence-corrected chi connectivity index (χ1v) is 11.4. The Bertz CT molecular complexity index is 1280. The number of nitrogens with zero attached hydrogens (tertiary/aromatic N) is 5. The molecule has 1 amide bonds. The van der Waals surface area contributed by atoms with Crippen molar-refractivity contribution in [1.82, 2.24) is 19.9 Å². The lowest BCUT2D eigenvalue weighted by atomic mass is 10.2. The van der Waals surface area contributed by atoms with Gasteiger partial charge in [0.1, 0.15) is 22.3 Å². The fraction of sp³-hybridized carbons (Fsp3) is 0.364. The number of rotatable bonds is 7. The Balaban J connectivity index is 1.43. The number of benzene rings is 1. The van der Waals surface area contributed by atoms with Crippen LogP contribution in [0.5, 0.6) is 0 Å². The van der Waals surface area contributed by atoms with Gasteiger partial charge in [0.2, 0.25) is 0 Å². The predicted molar refractivity (Wildman–Crippen MR) is 132 cm³/mol. The molecule has 1 aliphatic heterocycles. The van der Waals surface area contributed by atoms with Gasteiger partial charge in [0.05, 0.1) is 26.2 Å². The van der Waals surface area contributed by atoms with Crippen molar-refractivity contribution in [2.75, 3.05) is 54.8 Å². The van der Waals surface area contributed by atoms with E-state index < -0.39 is 13.1 Å². The second-order valence-corrected chi connectivity index (χ2v) is 8.83. The van der Waals surface area contributed by atoms with Crippen molar-refractivity contribution < 1.29 is 15.4 Å². The van der Waals surface area contributed by atoms with Gasteiger partial charge in [-0.3, -0.25) is 9.69 Å². The SMILES string of the molecule is [2H]C([2H])(O)C([2H])([2H])N1CCN(c2cc(Nc3ncc(C(=O)Nc4c(C)cccc4Cl)s3)nc(C)n2)CC1. The molecule has 0 aliphatic carbocycles. The number of aromatic nitrogens is 3. The summed E-state index contributed by atoms with van der Waals surface area (Å²) < 4.78 is 30.6. The third kappa shape index (κ3) is 5.77. The van der Waals surface area contributed by atoms with Crippen molar-refractivity contribution in [3.8, 4) is 0 Å². The summed E-state index contributed by atoms with van der Waals surface area (Å²) in [7, 11) is 0. The Morgan fingerprint density at radius 2 is 2.06 bits per heavy atom. The molecule has 3 aromatic rings. The van der Waals surface area contributed by atoms with E-state index in [1.807, 2.05) is 24.0 Å². The van der Waals surface area contributed by atoms with Crippen LogP contribution in [0.1, 0.15) is 26.5 Å². The number of carbonyl (C=O) groups excluding carboxylic acids is 1. The summed E-state index contributed by atoms with van der Waals surface area (Å²) >= 11 is 7.37. The molecule has 0 bridgehead atoms. The lowest BCUT2D eigenvalue weighted by molar-refractivity contribution is 0.103. The van der Waals surface area contributed by atoms with Crippen LogP contribution < -0.4 is 15.5 Å². The highest BCUT2D eigenvalue weighted by molar-refractivity contribution is 7.17. The van der Waals surface area contributed by atoms with Crippen molar-refractivity contribution in [1.29, 1.82) is 0 Å². The van der Waals surface area contributed by atoms with Gasteiger partial charge in [0.15, 0.2) is 5.13 Å². The third-order valence-electron chi connectivity index (χ3n) is 5.06. The van der Waals surface area contributed by atoms with Crippen molar-refractivity contribution >= 4 is 51.3 Å². The van der Waals surface area contributed by atoms with Crippen LogP contribution in [-0.2, 0) is 0 Å². The molecule has 9 nitrogen and oxygen atoms in total. The second-order valence-electron chi connectivity index (χ2n) is 7.40. The Kier molecular flexibility index (Phi) is 5.88. The Morgan fingerprint density at radius 3 is 2.79 bits per heavy atom. The zero-order chi connectivity index (χ0) is 27.0. The molecule has 1 aromatic carbocycles. The summed E-state index contributed by atoms with van der Waals surface area (Å²) in [5.41, 5.74) is 1.40. The quantitative estimate of drug-likeness (QED) is 0.462. The number of halogens is 1. The van der Waals surface area contributed by atoms with Crippen LogP contribution >= 0.6 is 22.9 Å². The molecule has 0 atom stereocenters. The number of amides is 1. The zero-order valence-corrected chi connectivity index (χ0v) is 19.7. The first-order valence-electron chi connectivity index (χ1n) is 12.2. The molecule has 1 aliphatic rings. The molecule has 0 radical (unpaired) electrons. The van der Waals surface area contributed by atoms with Crippen LogP contribution in [0.4, 0.5) is 22.5 Å². The fourth-order valence-corrected chi connectivity index (χ4v) is 4.40. The van der Waals surface area contributed by atoms with E-state index in [-0.39, 0.29) is 19.0 Å². The van der Waals surface area contributed by atoms with Crippen LogP contribution in [0.25, 0.3) is 0 Å². The number of aryl methyl sites for hydroxylation is 2. The maximum absolute atomic E-state index is 12.7. The summed E-state index contributed by atoms with van der Waals surface area (Å²) in [4.78, 5) is 29.5. The number of piperazine rings is 1. The molecule has 0 unspecified atom stereocenters. The van der Waals surface area contributed by atoms with Crippen LogP contribution in [0.2, 0.25) is 5.02 Å². The summed E-state index contributed by atoms with van der Waals surface area (Å²) in [5, 5.41) is 16.4. The Morgan fingerprint density at radius 1 is 1.27 bits per heavy atom. The zero-order valence-electron chi connectivity index (χ0n) is 22.1. The lowest BCUT2D eigenvalue weighted by Crippen LogP contribution is -2.47. The van der Waals surface area contributed by atoms with Gasteiger partial charge < -0.3 is 20.6 Å². The smallest absolute Gasteiger partial charge is 0.267 e. The minimum absolute atomic E-state index is 0.203.